The molecule has 0 aromatic heterocycles. The lowest BCUT2D eigenvalue weighted by atomic mass is 9.79. The third-order valence-electron chi connectivity index (χ3n) is 6.06. The van der Waals surface area contributed by atoms with Gasteiger partial charge in [0.05, 0.1) is 17.3 Å². The first-order valence-electron chi connectivity index (χ1n) is 11.3. The molecule has 2 aromatic rings. The van der Waals surface area contributed by atoms with Crippen LogP contribution < -0.4 is 0 Å². The van der Waals surface area contributed by atoms with Crippen LogP contribution in [0.5, 0.6) is 0 Å². The molecule has 1 heterocycles. The third kappa shape index (κ3) is 6.52. The summed E-state index contributed by atoms with van der Waals surface area (Å²) in [6.07, 6.45) is 8.15. The molecular formula is C27H31ClN2O. The van der Waals surface area contributed by atoms with Crippen molar-refractivity contribution in [3.63, 3.8) is 0 Å². The van der Waals surface area contributed by atoms with Gasteiger partial charge >= 0.3 is 0 Å². The zero-order chi connectivity index (χ0) is 22.3. The number of hydrogen-bond donors (Lipinski definition) is 0. The summed E-state index contributed by atoms with van der Waals surface area (Å²) in [7, 11) is 0. The Balaban J connectivity index is 1.52. The van der Waals surface area contributed by atoms with Crippen LogP contribution in [0.15, 0.2) is 47.5 Å². The molecule has 3 rings (SSSR count). The highest BCUT2D eigenvalue weighted by Crippen LogP contribution is 2.33. The van der Waals surface area contributed by atoms with E-state index in [0.29, 0.717) is 24.2 Å². The first-order valence-corrected chi connectivity index (χ1v) is 11.6. The maximum absolute atomic E-state index is 12.6. The molecule has 31 heavy (non-hydrogen) atoms. The molecular weight excluding hydrogens is 404 g/mol. The van der Waals surface area contributed by atoms with Crippen LogP contribution in [0.1, 0.15) is 81.9 Å². The van der Waals surface area contributed by atoms with Crippen molar-refractivity contribution in [3.05, 3.63) is 64.2 Å². The van der Waals surface area contributed by atoms with Crippen molar-refractivity contribution < 1.29 is 4.79 Å². The van der Waals surface area contributed by atoms with Crippen molar-refractivity contribution >= 4 is 28.8 Å². The van der Waals surface area contributed by atoms with Gasteiger partial charge in [-0.2, -0.15) is 5.26 Å². The van der Waals surface area contributed by atoms with Crippen LogP contribution in [-0.2, 0) is 16.6 Å². The zero-order valence-corrected chi connectivity index (χ0v) is 19.3. The average molecular weight is 435 g/mol. The number of carbonyl (C=O) groups is 1. The normalized spacial score (nSPS) is 15.7. The van der Waals surface area contributed by atoms with Crippen LogP contribution >= 0.6 is 11.6 Å². The molecule has 3 nitrogen and oxygen atoms in total. The topological polar surface area (TPSA) is 53.2 Å². The third-order valence-corrected chi connectivity index (χ3v) is 6.39. The molecule has 0 amide bonds. The van der Waals surface area contributed by atoms with E-state index < -0.39 is 0 Å². The van der Waals surface area contributed by atoms with Crippen LogP contribution in [0.3, 0.4) is 0 Å². The number of benzene rings is 2. The van der Waals surface area contributed by atoms with Gasteiger partial charge in [-0.05, 0) is 85.8 Å². The molecule has 0 spiro atoms. The van der Waals surface area contributed by atoms with Gasteiger partial charge < -0.3 is 0 Å². The van der Waals surface area contributed by atoms with Crippen molar-refractivity contribution in [2.45, 2.75) is 77.0 Å². The SMILES string of the molecule is CC(C)(CC(=O)CCCC/C1=N/c2ccc(C#N)cc2CCCC1)c1ccccc1Cl. The molecule has 0 radical (unpaired) electrons. The molecule has 0 atom stereocenters. The van der Waals surface area contributed by atoms with Gasteiger partial charge in [-0.1, -0.05) is 43.6 Å². The first kappa shape index (κ1) is 23.2. The minimum atomic E-state index is -0.259. The number of fused-ring (bicyclic) bond motifs is 1. The Bertz CT molecular complexity index is 1000. The molecule has 1 aliphatic heterocycles. The number of hydrogen-bond acceptors (Lipinski definition) is 3. The Morgan fingerprint density at radius 1 is 1.13 bits per heavy atom. The Hall–Kier alpha value is -2.44. The van der Waals surface area contributed by atoms with Crippen molar-refractivity contribution in [2.24, 2.45) is 4.99 Å². The summed E-state index contributed by atoms with van der Waals surface area (Å²) in [5.41, 5.74) is 4.88. The van der Waals surface area contributed by atoms with E-state index >= 15 is 0 Å². The minimum Gasteiger partial charge on any atom is -0.300 e. The van der Waals surface area contributed by atoms with Crippen molar-refractivity contribution in [2.75, 3.05) is 0 Å². The van der Waals surface area contributed by atoms with Gasteiger partial charge in [0.15, 0.2) is 0 Å². The summed E-state index contributed by atoms with van der Waals surface area (Å²) in [6.45, 7) is 4.18. The predicted octanol–water partition coefficient (Wildman–Crippen LogP) is 7.51. The second kappa shape index (κ2) is 10.7. The molecule has 0 N–H and O–H groups in total. The Morgan fingerprint density at radius 2 is 1.90 bits per heavy atom. The van der Waals surface area contributed by atoms with Gasteiger partial charge in [0, 0.05) is 23.6 Å². The molecule has 1 aliphatic rings. The van der Waals surface area contributed by atoms with E-state index in [1.807, 2.05) is 42.5 Å². The van der Waals surface area contributed by atoms with E-state index in [4.69, 9.17) is 21.9 Å². The summed E-state index contributed by atoms with van der Waals surface area (Å²) in [5.74, 6) is 0.291. The number of Topliss-reactive ketones (excluding diaryl/α,β-unsaturated/α-hetero) is 1. The molecule has 2 aromatic carbocycles. The highest BCUT2D eigenvalue weighted by Gasteiger charge is 2.26. The van der Waals surface area contributed by atoms with Crippen LogP contribution in [0.4, 0.5) is 5.69 Å². The van der Waals surface area contributed by atoms with E-state index in [9.17, 15) is 4.79 Å². The minimum absolute atomic E-state index is 0.259. The second-order valence-electron chi connectivity index (χ2n) is 9.13. The van der Waals surface area contributed by atoms with E-state index in [-0.39, 0.29) is 5.41 Å². The maximum atomic E-state index is 12.6. The fourth-order valence-electron chi connectivity index (χ4n) is 4.35. The van der Waals surface area contributed by atoms with Crippen LogP contribution in [0, 0.1) is 11.3 Å². The van der Waals surface area contributed by atoms with Gasteiger partial charge in [0.1, 0.15) is 5.78 Å². The van der Waals surface area contributed by atoms with Crippen molar-refractivity contribution in [3.8, 4) is 6.07 Å². The highest BCUT2D eigenvalue weighted by atomic mass is 35.5. The van der Waals surface area contributed by atoms with Crippen LogP contribution in [0.25, 0.3) is 0 Å². The van der Waals surface area contributed by atoms with Gasteiger partial charge in [-0.15, -0.1) is 0 Å². The lowest BCUT2D eigenvalue weighted by molar-refractivity contribution is -0.120. The second-order valence-corrected chi connectivity index (χ2v) is 9.53. The molecule has 0 aliphatic carbocycles. The Kier molecular flexibility index (Phi) is 8.04. The fourth-order valence-corrected chi connectivity index (χ4v) is 4.75. The number of nitrogens with zero attached hydrogens (tertiary/aromatic N) is 2. The number of aliphatic imine (C=N–C) groups is 1. The van der Waals surface area contributed by atoms with E-state index in [2.05, 4.69) is 19.9 Å². The number of halogens is 1. The molecule has 0 saturated carbocycles. The lowest BCUT2D eigenvalue weighted by Crippen LogP contribution is -2.22. The monoisotopic (exact) mass is 434 g/mol. The number of nitriles is 1. The molecule has 0 fully saturated rings. The quantitative estimate of drug-likeness (QED) is 0.403. The molecule has 0 unspecified atom stereocenters. The zero-order valence-electron chi connectivity index (χ0n) is 18.6. The Labute approximate surface area is 191 Å². The molecule has 0 bridgehead atoms. The van der Waals surface area contributed by atoms with E-state index in [1.54, 1.807) is 0 Å². The van der Waals surface area contributed by atoms with Gasteiger partial charge in [0.2, 0.25) is 0 Å². The van der Waals surface area contributed by atoms with Gasteiger partial charge in [-0.3, -0.25) is 9.79 Å². The van der Waals surface area contributed by atoms with Crippen LogP contribution in [-0.4, -0.2) is 11.5 Å². The summed E-state index contributed by atoms with van der Waals surface area (Å²) in [5, 5.41) is 9.86. The fraction of sp³-hybridized carbons (Fsp3) is 0.444. The summed E-state index contributed by atoms with van der Waals surface area (Å²) in [6, 6.07) is 15.8. The van der Waals surface area contributed by atoms with E-state index in [1.165, 1.54) is 11.3 Å². The molecule has 162 valence electrons. The van der Waals surface area contributed by atoms with Crippen molar-refractivity contribution in [1.29, 1.82) is 5.26 Å². The smallest absolute Gasteiger partial charge is 0.133 e. The summed E-state index contributed by atoms with van der Waals surface area (Å²) < 4.78 is 0. The summed E-state index contributed by atoms with van der Waals surface area (Å²) in [4.78, 5) is 17.5. The molecule has 4 heteroatoms. The van der Waals surface area contributed by atoms with Gasteiger partial charge in [-0.25, -0.2) is 0 Å². The number of aryl methyl sites for hydroxylation is 1. The van der Waals surface area contributed by atoms with Crippen LogP contribution in [0.2, 0.25) is 5.02 Å². The Morgan fingerprint density at radius 3 is 2.68 bits per heavy atom. The number of ketones is 1. The average Bonchev–Trinajstić information content (AvgIpc) is 2.72. The lowest BCUT2D eigenvalue weighted by Gasteiger charge is -2.25. The summed E-state index contributed by atoms with van der Waals surface area (Å²) >= 11 is 6.34. The predicted molar refractivity (Wildman–Crippen MR) is 128 cm³/mol. The standard InChI is InChI=1S/C27H31ClN2O/c1-27(2,24-13-7-8-14-25(24)28)18-23(31)12-6-5-11-22-10-4-3-9-21-17-20(19-29)15-16-26(21)30-22/h7-8,13-17H,3-6,9-12,18H2,1-2H3/b30-22+. The number of carbonyl (C=O) groups excluding carboxylic acids is 1. The van der Waals surface area contributed by atoms with E-state index in [0.717, 1.165) is 61.2 Å². The highest BCUT2D eigenvalue weighted by molar-refractivity contribution is 6.31. The number of unbranched alkanes of at least 4 members (excludes halogenated alkanes) is 1. The first-order chi connectivity index (χ1) is 14.9. The van der Waals surface area contributed by atoms with Crippen molar-refractivity contribution in [1.82, 2.24) is 0 Å². The molecule has 0 saturated heterocycles. The number of rotatable bonds is 8. The largest absolute Gasteiger partial charge is 0.300 e. The van der Waals surface area contributed by atoms with Gasteiger partial charge in [0.25, 0.3) is 0 Å². The maximum Gasteiger partial charge on any atom is 0.133 e.